The third-order valence-corrected chi connectivity index (χ3v) is 1.96. The van der Waals surface area contributed by atoms with E-state index in [0.717, 1.165) is 6.42 Å². The van der Waals surface area contributed by atoms with Gasteiger partial charge >= 0.3 is 12.1 Å². The van der Waals surface area contributed by atoms with E-state index in [-0.39, 0.29) is 6.42 Å². The van der Waals surface area contributed by atoms with Crippen LogP contribution in [-0.2, 0) is 0 Å². The van der Waals surface area contributed by atoms with E-state index in [1.807, 2.05) is 6.92 Å². The number of rotatable bonds is 5. The molecule has 0 fully saturated rings. The topological polar surface area (TPSA) is 26.0 Å². The molecule has 0 aliphatic carbocycles. The first kappa shape index (κ1) is 13.6. The third kappa shape index (κ3) is 3.40. The van der Waals surface area contributed by atoms with Crippen molar-refractivity contribution in [3.8, 4) is 0 Å². The number of hydrogen-bond acceptors (Lipinski definition) is 1. The lowest BCUT2D eigenvalue weighted by molar-refractivity contribution is -0.290. The molecule has 0 bridgehead atoms. The Labute approximate surface area is 79.5 Å². The van der Waals surface area contributed by atoms with Crippen molar-refractivity contribution in [1.29, 1.82) is 0 Å². The van der Waals surface area contributed by atoms with E-state index in [0.29, 0.717) is 12.8 Å². The second kappa shape index (κ2) is 4.91. The second-order valence-electron chi connectivity index (χ2n) is 3.22. The Hall–Kier alpha value is -0.390. The first-order valence-electron chi connectivity index (χ1n) is 4.43. The second-order valence-corrected chi connectivity index (χ2v) is 3.22. The molecule has 0 radical (unpaired) electrons. The molecule has 1 nitrogen and oxygen atoms in total. The quantitative estimate of drug-likeness (QED) is 0.558. The van der Waals surface area contributed by atoms with E-state index in [9.17, 15) is 22.0 Å². The average Bonchev–Trinajstić information content (AvgIpc) is 2.02. The van der Waals surface area contributed by atoms with Crippen molar-refractivity contribution < 1.29 is 22.0 Å². The first-order valence-corrected chi connectivity index (χ1v) is 4.43. The number of hydrogen-bond donors (Lipinski definition) is 1. The lowest BCUT2D eigenvalue weighted by Crippen LogP contribution is -2.51. The standard InChI is InChI=1S/C8H14F5N/c1-2-3-4-5-6(14)7(9,10)8(11,12)13/h6H,2-5,14H2,1H3. The predicted molar refractivity (Wildman–Crippen MR) is 43.1 cm³/mol. The maximum absolute atomic E-state index is 12.5. The van der Waals surface area contributed by atoms with E-state index < -0.39 is 18.1 Å². The van der Waals surface area contributed by atoms with Crippen LogP contribution in [0.2, 0.25) is 0 Å². The smallest absolute Gasteiger partial charge is 0.322 e. The summed E-state index contributed by atoms with van der Waals surface area (Å²) in [5, 5.41) is 0. The Kier molecular flexibility index (Phi) is 4.77. The highest BCUT2D eigenvalue weighted by atomic mass is 19.4. The van der Waals surface area contributed by atoms with Crippen LogP contribution in [0.4, 0.5) is 22.0 Å². The maximum atomic E-state index is 12.5. The van der Waals surface area contributed by atoms with Crippen LogP contribution in [0.3, 0.4) is 0 Å². The highest BCUT2D eigenvalue weighted by Gasteiger charge is 2.60. The van der Waals surface area contributed by atoms with Gasteiger partial charge in [-0.3, -0.25) is 0 Å². The Morgan fingerprint density at radius 2 is 1.57 bits per heavy atom. The van der Waals surface area contributed by atoms with Crippen LogP contribution in [0.15, 0.2) is 0 Å². The number of unbranched alkanes of at least 4 members (excludes halogenated alkanes) is 2. The van der Waals surface area contributed by atoms with Crippen molar-refractivity contribution >= 4 is 0 Å². The Morgan fingerprint density at radius 3 is 1.93 bits per heavy atom. The minimum Gasteiger partial charge on any atom is -0.322 e. The summed E-state index contributed by atoms with van der Waals surface area (Å²) in [7, 11) is 0. The van der Waals surface area contributed by atoms with E-state index in [2.05, 4.69) is 0 Å². The minimum absolute atomic E-state index is 0.295. The van der Waals surface area contributed by atoms with E-state index in [1.165, 1.54) is 0 Å². The van der Waals surface area contributed by atoms with Gasteiger partial charge in [0.05, 0.1) is 6.04 Å². The summed E-state index contributed by atoms with van der Waals surface area (Å²) in [5.74, 6) is -4.78. The van der Waals surface area contributed by atoms with Crippen LogP contribution in [0.1, 0.15) is 32.6 Å². The lowest BCUT2D eigenvalue weighted by Gasteiger charge is -2.25. The van der Waals surface area contributed by atoms with Gasteiger partial charge in [0.1, 0.15) is 0 Å². The molecule has 1 atom stereocenters. The van der Waals surface area contributed by atoms with Gasteiger partial charge in [-0.1, -0.05) is 26.2 Å². The fourth-order valence-electron chi connectivity index (χ4n) is 1.01. The maximum Gasteiger partial charge on any atom is 0.454 e. The van der Waals surface area contributed by atoms with Crippen LogP contribution in [0, 0.1) is 0 Å². The lowest BCUT2D eigenvalue weighted by atomic mass is 10.0. The summed E-state index contributed by atoms with van der Waals surface area (Å²) in [6, 6.07) is -2.13. The van der Waals surface area contributed by atoms with Crippen molar-refractivity contribution in [3.63, 3.8) is 0 Å². The van der Waals surface area contributed by atoms with E-state index in [4.69, 9.17) is 5.73 Å². The molecule has 0 aliphatic rings. The molecular formula is C8H14F5N. The summed E-state index contributed by atoms with van der Waals surface area (Å²) in [6.07, 6.45) is -4.19. The highest BCUT2D eigenvalue weighted by molar-refractivity contribution is 4.86. The number of nitrogens with two attached hydrogens (primary N) is 1. The number of halogens is 5. The Balaban J connectivity index is 4.15. The summed E-state index contributed by atoms with van der Waals surface area (Å²) in [5.41, 5.74) is 4.81. The summed E-state index contributed by atoms with van der Waals surface area (Å²) < 4.78 is 60.3. The fourth-order valence-corrected chi connectivity index (χ4v) is 1.01. The predicted octanol–water partition coefficient (Wildman–Crippen LogP) is 3.09. The molecule has 1 unspecified atom stereocenters. The third-order valence-electron chi connectivity index (χ3n) is 1.96. The molecule has 0 saturated carbocycles. The van der Waals surface area contributed by atoms with Crippen LogP contribution < -0.4 is 5.73 Å². The molecule has 0 aromatic heterocycles. The van der Waals surface area contributed by atoms with E-state index >= 15 is 0 Å². The van der Waals surface area contributed by atoms with Crippen molar-refractivity contribution in [2.75, 3.05) is 0 Å². The average molecular weight is 219 g/mol. The van der Waals surface area contributed by atoms with Crippen molar-refractivity contribution in [2.45, 2.75) is 50.7 Å². The summed E-state index contributed by atoms with van der Waals surface area (Å²) in [6.45, 7) is 1.83. The molecular weight excluding hydrogens is 205 g/mol. The highest BCUT2D eigenvalue weighted by Crippen LogP contribution is 2.38. The molecule has 0 aromatic carbocycles. The number of alkyl halides is 5. The van der Waals surface area contributed by atoms with Crippen LogP contribution in [0.5, 0.6) is 0 Å². The normalized spacial score (nSPS) is 15.6. The van der Waals surface area contributed by atoms with Gasteiger partial charge in [-0.2, -0.15) is 22.0 Å². The molecule has 86 valence electrons. The van der Waals surface area contributed by atoms with E-state index in [1.54, 1.807) is 0 Å². The van der Waals surface area contributed by atoms with Gasteiger partial charge in [0.15, 0.2) is 0 Å². The minimum atomic E-state index is -5.54. The van der Waals surface area contributed by atoms with Gasteiger partial charge in [0.25, 0.3) is 0 Å². The summed E-state index contributed by atoms with van der Waals surface area (Å²) >= 11 is 0. The van der Waals surface area contributed by atoms with Crippen molar-refractivity contribution in [1.82, 2.24) is 0 Å². The molecule has 0 aromatic rings. The first-order chi connectivity index (χ1) is 6.23. The van der Waals surface area contributed by atoms with Gasteiger partial charge in [0.2, 0.25) is 0 Å². The zero-order chi connectivity index (χ0) is 11.4. The van der Waals surface area contributed by atoms with Crippen molar-refractivity contribution in [2.24, 2.45) is 5.73 Å². The molecule has 6 heteroatoms. The largest absolute Gasteiger partial charge is 0.454 e. The SMILES string of the molecule is CCCCCC(N)C(F)(F)C(F)(F)F. The molecule has 0 saturated heterocycles. The van der Waals surface area contributed by atoms with Gasteiger partial charge in [-0.05, 0) is 6.42 Å². The van der Waals surface area contributed by atoms with Crippen LogP contribution >= 0.6 is 0 Å². The van der Waals surface area contributed by atoms with Crippen molar-refractivity contribution in [3.05, 3.63) is 0 Å². The molecule has 2 N–H and O–H groups in total. The zero-order valence-electron chi connectivity index (χ0n) is 7.87. The fraction of sp³-hybridized carbons (Fsp3) is 1.00. The zero-order valence-corrected chi connectivity index (χ0v) is 7.87. The van der Waals surface area contributed by atoms with Crippen LogP contribution in [0.25, 0.3) is 0 Å². The monoisotopic (exact) mass is 219 g/mol. The van der Waals surface area contributed by atoms with Gasteiger partial charge in [0, 0.05) is 0 Å². The van der Waals surface area contributed by atoms with Gasteiger partial charge < -0.3 is 5.73 Å². The van der Waals surface area contributed by atoms with Gasteiger partial charge in [-0.15, -0.1) is 0 Å². The summed E-state index contributed by atoms with van der Waals surface area (Å²) in [4.78, 5) is 0. The van der Waals surface area contributed by atoms with Crippen LogP contribution in [-0.4, -0.2) is 18.1 Å². The molecule has 0 amide bonds. The molecule has 0 aliphatic heterocycles. The Bertz CT molecular complexity index is 166. The molecule has 0 spiro atoms. The molecule has 0 heterocycles. The Morgan fingerprint density at radius 1 is 1.07 bits per heavy atom. The van der Waals surface area contributed by atoms with Gasteiger partial charge in [-0.25, -0.2) is 0 Å². The molecule has 14 heavy (non-hydrogen) atoms. The molecule has 0 rings (SSSR count).